The molecule has 328 valence electrons. The zero-order valence-corrected chi connectivity index (χ0v) is 36.3. The van der Waals surface area contributed by atoms with E-state index in [4.69, 9.17) is 36.5 Å². The number of alkyl halides is 1. The van der Waals surface area contributed by atoms with E-state index in [0.717, 1.165) is 5.56 Å². The van der Waals surface area contributed by atoms with Gasteiger partial charge in [0.2, 0.25) is 11.8 Å². The number of alkyl carbamates (subject to hydrolysis) is 1. The van der Waals surface area contributed by atoms with Gasteiger partial charge in [-0.15, -0.1) is 18.2 Å². The number of ether oxygens (including phenoxy) is 3. The Balaban J connectivity index is 1.37. The molecule has 2 fully saturated rings. The second-order valence-electron chi connectivity index (χ2n) is 16.1. The molecule has 5 atom stereocenters. The van der Waals surface area contributed by atoms with Crippen molar-refractivity contribution >= 4 is 62.1 Å². The van der Waals surface area contributed by atoms with Gasteiger partial charge in [0, 0.05) is 36.0 Å². The van der Waals surface area contributed by atoms with Crippen molar-refractivity contribution in [3.63, 3.8) is 0 Å². The van der Waals surface area contributed by atoms with Crippen LogP contribution < -0.4 is 30.6 Å². The fourth-order valence-electron chi connectivity index (χ4n) is 7.53. The Bertz CT molecular complexity index is 2490. The molecule has 6 rings (SSSR count). The third-order valence-electron chi connectivity index (χ3n) is 10.8. The summed E-state index contributed by atoms with van der Waals surface area (Å²) in [4.78, 5) is 74.6. The molecule has 1 aromatic heterocycles. The molecule has 18 heteroatoms. The number of nitrogens with zero attached hydrogens (tertiary/aromatic N) is 2. The molecule has 1 aliphatic heterocycles. The van der Waals surface area contributed by atoms with Crippen molar-refractivity contribution in [2.75, 3.05) is 26.1 Å². The van der Waals surface area contributed by atoms with Crippen molar-refractivity contribution in [3.05, 3.63) is 97.6 Å². The lowest BCUT2D eigenvalue weighted by Crippen LogP contribution is -2.56. The fraction of sp³-hybridized carbons (Fsp3) is 0.364. The number of aromatic nitrogens is 1. The zero-order valence-electron chi connectivity index (χ0n) is 34.7. The number of amides is 4. The third-order valence-corrected chi connectivity index (χ3v) is 12.3. The second kappa shape index (κ2) is 18.1. The zero-order chi connectivity index (χ0) is 45.0. The fourth-order valence-corrected chi connectivity index (χ4v) is 8.69. The van der Waals surface area contributed by atoms with E-state index in [0.29, 0.717) is 28.1 Å². The number of hydrogen-bond donors (Lipinski definition) is 4. The first-order valence-electron chi connectivity index (χ1n) is 19.8. The highest BCUT2D eigenvalue weighted by Gasteiger charge is 2.74. The minimum absolute atomic E-state index is 0.0859. The number of hydrogen-bond acceptors (Lipinski definition) is 12. The number of fused-ring (bicyclic) bond motifs is 1. The number of carbonyl (C=O) groups is 5. The second-order valence-corrected chi connectivity index (χ2v) is 18.1. The average molecular weight is 889 g/mol. The molecule has 2 aliphatic rings. The van der Waals surface area contributed by atoms with Crippen LogP contribution in [0.5, 0.6) is 11.5 Å². The number of sulfonamides is 1. The van der Waals surface area contributed by atoms with Crippen LogP contribution in [-0.4, -0.2) is 103 Å². The van der Waals surface area contributed by atoms with Crippen LogP contribution in [0, 0.1) is 5.41 Å². The van der Waals surface area contributed by atoms with Crippen molar-refractivity contribution in [1.82, 2.24) is 25.2 Å². The Hall–Kier alpha value is -6.04. The summed E-state index contributed by atoms with van der Waals surface area (Å²) in [5.41, 5.74) is 3.72. The summed E-state index contributed by atoms with van der Waals surface area (Å²) in [6, 6.07) is 21.0. The summed E-state index contributed by atoms with van der Waals surface area (Å²) in [6.45, 7) is 8.50. The Morgan fingerprint density at radius 2 is 1.71 bits per heavy atom. The Morgan fingerprint density at radius 1 is 1.03 bits per heavy atom. The SMILES string of the molecule is C=C[C@@]1(C(=O)[C@@H]2C[C@@H](Oc3cc(-c4ccccc4)nc4cc(OC)ccc34)CN2C(=O)C(CCNC(=O)CCl)NC(=O)OC(C)(C)C)C[C@]1(N)C(=O)NS(=O)(=O)c1ccccc1. The summed E-state index contributed by atoms with van der Waals surface area (Å²) in [7, 11) is -2.85. The molecule has 1 unspecified atom stereocenters. The molecule has 3 aromatic carbocycles. The molecule has 62 heavy (non-hydrogen) atoms. The molecule has 4 amide bonds. The molecule has 1 aliphatic carbocycles. The Labute approximate surface area is 364 Å². The van der Waals surface area contributed by atoms with Crippen molar-refractivity contribution in [2.24, 2.45) is 11.1 Å². The van der Waals surface area contributed by atoms with Gasteiger partial charge in [-0.1, -0.05) is 54.6 Å². The van der Waals surface area contributed by atoms with Gasteiger partial charge in [0.05, 0.1) is 41.2 Å². The molecule has 0 bridgehead atoms. The number of carbonyl (C=O) groups excluding carboxylic acids is 5. The van der Waals surface area contributed by atoms with Crippen molar-refractivity contribution < 1.29 is 46.6 Å². The van der Waals surface area contributed by atoms with E-state index in [-0.39, 0.29) is 43.1 Å². The standard InChI is InChI=1S/C44H49ClN6O10S/c1-6-43(26-44(43,46)40(55)50-62(57,58)30-15-11-8-12-16-30)38(53)35-22-29(25-51(35)39(54)32(19-20-47-37(52)24-45)49-41(56)61-42(2,3)4)60-36-23-33(27-13-9-7-10-14-27)48-34-21-28(59-5)17-18-31(34)36/h6-18,21,23,29,32,35H,1,19-20,22,24-26,46H2,2-5H3,(H,47,52)(H,49,56)(H,50,55)/t29-,32?,35+,43+,44+/m1/s1. The van der Waals surface area contributed by atoms with Gasteiger partial charge in [0.15, 0.2) is 5.78 Å². The lowest BCUT2D eigenvalue weighted by Gasteiger charge is -2.31. The smallest absolute Gasteiger partial charge is 0.408 e. The van der Waals surface area contributed by atoms with Gasteiger partial charge < -0.3 is 35.5 Å². The molecule has 16 nitrogen and oxygen atoms in total. The van der Waals surface area contributed by atoms with Gasteiger partial charge >= 0.3 is 6.09 Å². The minimum Gasteiger partial charge on any atom is -0.497 e. The van der Waals surface area contributed by atoms with Crippen LogP contribution in [-0.2, 0) is 33.9 Å². The number of halogens is 1. The maximum Gasteiger partial charge on any atom is 0.408 e. The van der Waals surface area contributed by atoms with E-state index in [1.807, 2.05) is 35.1 Å². The Morgan fingerprint density at radius 3 is 2.34 bits per heavy atom. The van der Waals surface area contributed by atoms with Gasteiger partial charge in [-0.2, -0.15) is 0 Å². The highest BCUT2D eigenvalue weighted by Crippen LogP contribution is 2.58. The number of ketones is 1. The van der Waals surface area contributed by atoms with Crippen LogP contribution in [0.25, 0.3) is 22.2 Å². The van der Waals surface area contributed by atoms with E-state index in [2.05, 4.69) is 17.2 Å². The first-order chi connectivity index (χ1) is 29.3. The molecular weight excluding hydrogens is 840 g/mol. The molecule has 5 N–H and O–H groups in total. The van der Waals surface area contributed by atoms with Crippen LogP contribution >= 0.6 is 11.6 Å². The predicted octanol–water partition coefficient (Wildman–Crippen LogP) is 4.24. The summed E-state index contributed by atoms with van der Waals surface area (Å²) >= 11 is 5.68. The molecular formula is C44H49ClN6O10S. The minimum atomic E-state index is -4.39. The largest absolute Gasteiger partial charge is 0.497 e. The van der Waals surface area contributed by atoms with Crippen molar-refractivity contribution in [1.29, 1.82) is 0 Å². The normalized spacial score (nSPS) is 21.3. The number of nitrogens with one attached hydrogen (secondary N) is 3. The lowest BCUT2D eigenvalue weighted by atomic mass is 9.88. The Kier molecular flexibility index (Phi) is 13.3. The highest BCUT2D eigenvalue weighted by atomic mass is 35.5. The summed E-state index contributed by atoms with van der Waals surface area (Å²) in [6.07, 6.45) is -1.14. The van der Waals surface area contributed by atoms with E-state index >= 15 is 0 Å². The number of benzene rings is 3. The first kappa shape index (κ1) is 45.5. The number of Topliss-reactive ketones (excluding diaryl/α,β-unsaturated/α-hetero) is 1. The third kappa shape index (κ3) is 9.69. The molecule has 1 saturated heterocycles. The topological polar surface area (TPSA) is 225 Å². The molecule has 4 aromatic rings. The van der Waals surface area contributed by atoms with Gasteiger partial charge in [-0.25, -0.2) is 22.9 Å². The van der Waals surface area contributed by atoms with Gasteiger partial charge in [-0.05, 0) is 57.9 Å². The average Bonchev–Trinajstić information content (AvgIpc) is 3.69. The van der Waals surface area contributed by atoms with Crippen LogP contribution in [0.1, 0.15) is 40.0 Å². The van der Waals surface area contributed by atoms with E-state index in [1.54, 1.807) is 51.1 Å². The summed E-state index contributed by atoms with van der Waals surface area (Å²) in [5.74, 6) is -2.46. The summed E-state index contributed by atoms with van der Waals surface area (Å²) < 4.78 is 46.0. The molecule has 0 spiro atoms. The number of nitrogens with two attached hydrogens (primary N) is 1. The van der Waals surface area contributed by atoms with Crippen LogP contribution in [0.3, 0.4) is 0 Å². The van der Waals surface area contributed by atoms with Gasteiger partial charge in [0.25, 0.3) is 15.9 Å². The number of likely N-dealkylation sites (tertiary alicyclic amines) is 1. The number of methoxy groups -OCH3 is 1. The maximum absolute atomic E-state index is 15.0. The lowest BCUT2D eigenvalue weighted by molar-refractivity contribution is -0.141. The van der Waals surface area contributed by atoms with Crippen molar-refractivity contribution in [3.8, 4) is 22.8 Å². The van der Waals surface area contributed by atoms with Crippen LogP contribution in [0.15, 0.2) is 102 Å². The van der Waals surface area contributed by atoms with E-state index in [9.17, 15) is 32.4 Å². The van der Waals surface area contributed by atoms with Crippen molar-refractivity contribution in [2.45, 2.75) is 74.3 Å². The van der Waals surface area contributed by atoms with E-state index in [1.165, 1.54) is 42.4 Å². The predicted molar refractivity (Wildman–Crippen MR) is 231 cm³/mol. The van der Waals surface area contributed by atoms with E-state index < -0.39 is 74.4 Å². The molecule has 1 saturated carbocycles. The number of rotatable bonds is 16. The highest BCUT2D eigenvalue weighted by molar-refractivity contribution is 7.90. The molecule has 2 heterocycles. The summed E-state index contributed by atoms with van der Waals surface area (Å²) in [5, 5.41) is 5.78. The van der Waals surface area contributed by atoms with Gasteiger partial charge in [0.1, 0.15) is 40.7 Å². The number of pyridine rings is 1. The maximum atomic E-state index is 15.0. The van der Waals surface area contributed by atoms with Crippen LogP contribution in [0.2, 0.25) is 0 Å². The monoisotopic (exact) mass is 888 g/mol. The quantitative estimate of drug-likeness (QED) is 0.0916. The molecule has 0 radical (unpaired) electrons. The first-order valence-corrected chi connectivity index (χ1v) is 21.8. The van der Waals surface area contributed by atoms with Crippen LogP contribution in [0.4, 0.5) is 4.79 Å². The van der Waals surface area contributed by atoms with Gasteiger partial charge in [-0.3, -0.25) is 19.2 Å².